The van der Waals surface area contributed by atoms with E-state index >= 15 is 0 Å². The molecule has 0 amide bonds. The van der Waals surface area contributed by atoms with Crippen LogP contribution in [0.3, 0.4) is 0 Å². The molecule has 212 valence electrons. The molecular weight excluding hydrogens is 557 g/mol. The van der Waals surface area contributed by atoms with Gasteiger partial charge in [0.25, 0.3) is 0 Å². The van der Waals surface area contributed by atoms with Crippen LogP contribution in [0.4, 0.5) is 13.9 Å². The maximum atomic E-state index is 13.6. The van der Waals surface area contributed by atoms with E-state index in [4.69, 9.17) is 4.98 Å². The minimum atomic E-state index is -0.239. The fraction of sp³-hybridized carbons (Fsp3) is 0.433. The Morgan fingerprint density at radius 2 is 1.23 bits per heavy atom. The second kappa shape index (κ2) is 14.6. The molecule has 0 bridgehead atoms. The van der Waals surface area contributed by atoms with E-state index in [0.29, 0.717) is 0 Å². The first-order valence-electron chi connectivity index (χ1n) is 13.3. The number of aryl methyl sites for hydroxylation is 2. The van der Waals surface area contributed by atoms with Gasteiger partial charge in [0.15, 0.2) is 5.13 Å². The molecule has 0 unspecified atom stereocenters. The Kier molecular flexibility index (Phi) is 11.8. The summed E-state index contributed by atoms with van der Waals surface area (Å²) in [6.07, 6.45) is 3.14. The highest BCUT2D eigenvalue weighted by molar-refractivity contribution is 7.15. The second-order valence-electron chi connectivity index (χ2n) is 10.2. The SMILES string of the molecule is Cc1nc(N2CCN(CCCN3CCC(=C(c4ccc(F)cc4)c4ccc(F)cc4)CC3)CC2)sc1C.Cl.Cl. The van der Waals surface area contributed by atoms with Crippen LogP contribution in [-0.2, 0) is 0 Å². The number of likely N-dealkylation sites (tertiary alicyclic amines) is 1. The Hall–Kier alpha value is -2.03. The van der Waals surface area contributed by atoms with E-state index < -0.39 is 0 Å². The number of piperazine rings is 1. The lowest BCUT2D eigenvalue weighted by molar-refractivity contribution is 0.212. The second-order valence-corrected chi connectivity index (χ2v) is 11.3. The number of rotatable bonds is 7. The zero-order valence-corrected chi connectivity index (χ0v) is 25.1. The lowest BCUT2D eigenvalue weighted by atomic mass is 9.88. The molecule has 39 heavy (non-hydrogen) atoms. The van der Waals surface area contributed by atoms with Gasteiger partial charge in [0, 0.05) is 44.1 Å². The summed E-state index contributed by atoms with van der Waals surface area (Å²) in [6, 6.07) is 13.4. The van der Waals surface area contributed by atoms with E-state index in [-0.39, 0.29) is 36.4 Å². The highest BCUT2D eigenvalue weighted by Gasteiger charge is 2.22. The van der Waals surface area contributed by atoms with Crippen LogP contribution in [-0.4, -0.2) is 67.1 Å². The molecule has 3 aromatic rings. The van der Waals surface area contributed by atoms with Crippen LogP contribution < -0.4 is 4.90 Å². The van der Waals surface area contributed by atoms with Crippen molar-refractivity contribution in [3.05, 3.63) is 87.4 Å². The third-order valence-corrected chi connectivity index (χ3v) is 8.82. The van der Waals surface area contributed by atoms with Crippen molar-refractivity contribution in [3.63, 3.8) is 0 Å². The van der Waals surface area contributed by atoms with Crippen LogP contribution in [0.15, 0.2) is 54.1 Å². The van der Waals surface area contributed by atoms with Gasteiger partial charge in [-0.1, -0.05) is 29.8 Å². The van der Waals surface area contributed by atoms with Gasteiger partial charge in [-0.25, -0.2) is 13.8 Å². The third kappa shape index (κ3) is 8.01. The molecular formula is C30H38Cl2F2N4S. The van der Waals surface area contributed by atoms with Crippen LogP contribution in [0.2, 0.25) is 0 Å². The topological polar surface area (TPSA) is 22.6 Å². The Bertz CT molecular complexity index is 1150. The van der Waals surface area contributed by atoms with Gasteiger partial charge in [-0.2, -0.15) is 0 Å². The Balaban J connectivity index is 0.00000210. The first-order valence-corrected chi connectivity index (χ1v) is 14.2. The quantitative estimate of drug-likeness (QED) is 0.294. The van der Waals surface area contributed by atoms with Crippen molar-refractivity contribution in [2.24, 2.45) is 0 Å². The van der Waals surface area contributed by atoms with E-state index in [1.807, 2.05) is 35.6 Å². The molecule has 0 aliphatic carbocycles. The fourth-order valence-electron chi connectivity index (χ4n) is 5.38. The van der Waals surface area contributed by atoms with Crippen LogP contribution in [0, 0.1) is 25.5 Å². The molecule has 0 atom stereocenters. The van der Waals surface area contributed by atoms with Gasteiger partial charge in [0.2, 0.25) is 0 Å². The summed E-state index contributed by atoms with van der Waals surface area (Å²) in [4.78, 5) is 13.6. The van der Waals surface area contributed by atoms with Crippen LogP contribution in [0.5, 0.6) is 0 Å². The van der Waals surface area contributed by atoms with Gasteiger partial charge in [-0.05, 0) is 87.2 Å². The molecule has 0 saturated carbocycles. The molecule has 0 spiro atoms. The zero-order valence-electron chi connectivity index (χ0n) is 22.7. The monoisotopic (exact) mass is 594 g/mol. The largest absolute Gasteiger partial charge is 0.346 e. The average Bonchev–Trinajstić information content (AvgIpc) is 3.25. The number of aromatic nitrogens is 1. The number of anilines is 1. The number of hydrogen-bond donors (Lipinski definition) is 0. The Labute approximate surface area is 247 Å². The number of nitrogens with zero attached hydrogens (tertiary/aromatic N) is 4. The van der Waals surface area contributed by atoms with E-state index in [1.165, 1.54) is 46.3 Å². The van der Waals surface area contributed by atoms with Gasteiger partial charge in [-0.15, -0.1) is 36.2 Å². The van der Waals surface area contributed by atoms with Gasteiger partial charge < -0.3 is 9.80 Å². The van der Waals surface area contributed by atoms with Gasteiger partial charge in [0.1, 0.15) is 11.6 Å². The molecule has 3 heterocycles. The molecule has 2 fully saturated rings. The number of benzene rings is 2. The fourth-order valence-corrected chi connectivity index (χ4v) is 6.34. The summed E-state index contributed by atoms with van der Waals surface area (Å²) in [5.74, 6) is -0.478. The minimum Gasteiger partial charge on any atom is -0.346 e. The van der Waals surface area contributed by atoms with Gasteiger partial charge in [0.05, 0.1) is 5.69 Å². The van der Waals surface area contributed by atoms with Crippen LogP contribution >= 0.6 is 36.2 Å². The number of hydrogen-bond acceptors (Lipinski definition) is 5. The van der Waals surface area contributed by atoms with Crippen molar-refractivity contribution < 1.29 is 8.78 Å². The third-order valence-electron chi connectivity index (χ3n) is 7.69. The summed E-state index contributed by atoms with van der Waals surface area (Å²) in [7, 11) is 0. The molecule has 2 saturated heterocycles. The molecule has 2 aliphatic heterocycles. The highest BCUT2D eigenvalue weighted by Crippen LogP contribution is 2.33. The van der Waals surface area contributed by atoms with Crippen LogP contribution in [0.1, 0.15) is 41.0 Å². The van der Waals surface area contributed by atoms with Gasteiger partial charge >= 0.3 is 0 Å². The predicted molar refractivity (Wildman–Crippen MR) is 164 cm³/mol. The summed E-state index contributed by atoms with van der Waals surface area (Å²) in [5, 5.41) is 1.17. The van der Waals surface area contributed by atoms with Crippen molar-refractivity contribution in [2.45, 2.75) is 33.1 Å². The van der Waals surface area contributed by atoms with Gasteiger partial charge in [-0.3, -0.25) is 4.90 Å². The van der Waals surface area contributed by atoms with E-state index in [9.17, 15) is 8.78 Å². The molecule has 1 aromatic heterocycles. The van der Waals surface area contributed by atoms with Crippen molar-refractivity contribution in [1.29, 1.82) is 0 Å². The Morgan fingerprint density at radius 3 is 1.69 bits per heavy atom. The number of piperidine rings is 1. The Morgan fingerprint density at radius 1 is 0.744 bits per heavy atom. The lowest BCUT2D eigenvalue weighted by Gasteiger charge is -2.35. The highest BCUT2D eigenvalue weighted by atomic mass is 35.5. The smallest absolute Gasteiger partial charge is 0.185 e. The summed E-state index contributed by atoms with van der Waals surface area (Å²) in [6.45, 7) is 12.9. The maximum absolute atomic E-state index is 13.6. The molecule has 4 nitrogen and oxygen atoms in total. The predicted octanol–water partition coefficient (Wildman–Crippen LogP) is 6.99. The lowest BCUT2D eigenvalue weighted by Crippen LogP contribution is -2.47. The summed E-state index contributed by atoms with van der Waals surface area (Å²) < 4.78 is 27.2. The molecule has 0 radical (unpaired) electrons. The van der Waals surface area contributed by atoms with Crippen molar-refractivity contribution in [2.75, 3.05) is 57.3 Å². The van der Waals surface area contributed by atoms with E-state index in [1.54, 1.807) is 0 Å². The average molecular weight is 596 g/mol. The van der Waals surface area contributed by atoms with Crippen molar-refractivity contribution in [3.8, 4) is 0 Å². The molecule has 5 rings (SSSR count). The van der Waals surface area contributed by atoms with E-state index in [0.717, 1.165) is 87.6 Å². The van der Waals surface area contributed by atoms with E-state index in [2.05, 4.69) is 28.5 Å². The summed E-state index contributed by atoms with van der Waals surface area (Å²) >= 11 is 1.81. The number of thiazole rings is 1. The molecule has 0 N–H and O–H groups in total. The minimum absolute atomic E-state index is 0. The molecule has 2 aliphatic rings. The van der Waals surface area contributed by atoms with Crippen molar-refractivity contribution >= 4 is 46.9 Å². The normalized spacial score (nSPS) is 16.5. The first kappa shape index (κ1) is 31.5. The standard InChI is InChI=1S/C30H36F2N4S.2ClH/c1-22-23(2)37-30(33-22)36-20-18-35(19-21-36)15-3-14-34-16-12-26(13-17-34)29(24-4-8-27(31)9-5-24)25-6-10-28(32)11-7-25;;/h4-11H,3,12-21H2,1-2H3;2*1H. The molecule has 2 aromatic carbocycles. The summed E-state index contributed by atoms with van der Waals surface area (Å²) in [5.41, 5.74) is 5.66. The maximum Gasteiger partial charge on any atom is 0.185 e. The zero-order chi connectivity index (χ0) is 25.8. The number of halogens is 4. The van der Waals surface area contributed by atoms with Crippen LogP contribution in [0.25, 0.3) is 5.57 Å². The molecule has 9 heteroatoms. The van der Waals surface area contributed by atoms with Crippen molar-refractivity contribution in [1.82, 2.24) is 14.8 Å². The first-order chi connectivity index (χ1) is 18.0.